The Bertz CT molecular complexity index is 182. The quantitative estimate of drug-likeness (QED) is 0.615. The maximum atomic E-state index is 5.66. The second-order valence-corrected chi connectivity index (χ2v) is 4.59. The molecule has 2 aliphatic rings. The van der Waals surface area contributed by atoms with Crippen molar-refractivity contribution < 1.29 is 4.74 Å². The van der Waals surface area contributed by atoms with Crippen LogP contribution in [-0.4, -0.2) is 11.7 Å². The summed E-state index contributed by atoms with van der Waals surface area (Å²) in [4.78, 5) is 0. The Morgan fingerprint density at radius 1 is 1.36 bits per heavy atom. The van der Waals surface area contributed by atoms with Gasteiger partial charge in [-0.05, 0) is 12.8 Å². The van der Waals surface area contributed by atoms with Gasteiger partial charge in [-0.2, -0.15) is 0 Å². The first kappa shape index (κ1) is 7.81. The molecule has 0 aromatic rings. The zero-order valence-electron chi connectivity index (χ0n) is 6.61. The smallest absolute Gasteiger partial charge is 0.118 e. The van der Waals surface area contributed by atoms with E-state index in [2.05, 4.69) is 22.5 Å². The van der Waals surface area contributed by atoms with Crippen molar-refractivity contribution in [1.82, 2.24) is 0 Å². The van der Waals surface area contributed by atoms with Gasteiger partial charge >= 0.3 is 0 Å². The summed E-state index contributed by atoms with van der Waals surface area (Å²) in [5.74, 6) is 0. The second-order valence-electron chi connectivity index (χ2n) is 3.57. The molecule has 1 nitrogen and oxygen atoms in total. The first-order valence-electron chi connectivity index (χ1n) is 4.27. The maximum Gasteiger partial charge on any atom is 0.118 e. The molecule has 1 aliphatic heterocycles. The lowest BCUT2D eigenvalue weighted by molar-refractivity contribution is 0.235. The zero-order valence-corrected chi connectivity index (χ0v) is 8.19. The van der Waals surface area contributed by atoms with Crippen LogP contribution in [0.25, 0.3) is 0 Å². The van der Waals surface area contributed by atoms with E-state index in [1.807, 2.05) is 0 Å². The molecular weight excluding hydrogens is 204 g/mol. The fourth-order valence-electron chi connectivity index (χ4n) is 2.08. The molecule has 1 aliphatic carbocycles. The van der Waals surface area contributed by atoms with E-state index in [-0.39, 0.29) is 5.60 Å². The van der Waals surface area contributed by atoms with Gasteiger partial charge in [0.2, 0.25) is 0 Å². The number of rotatable bonds is 1. The monoisotopic (exact) mass is 216 g/mol. The van der Waals surface area contributed by atoms with E-state index >= 15 is 0 Å². The van der Waals surface area contributed by atoms with Gasteiger partial charge in [0.1, 0.15) is 6.10 Å². The number of hydrogen-bond donors (Lipinski definition) is 0. The summed E-state index contributed by atoms with van der Waals surface area (Å²) in [5, 5.41) is 0. The first-order valence-corrected chi connectivity index (χ1v) is 5.06. The lowest BCUT2D eigenvalue weighted by atomic mass is 9.86. The van der Waals surface area contributed by atoms with Crippen LogP contribution in [-0.2, 0) is 4.74 Å². The van der Waals surface area contributed by atoms with Gasteiger partial charge < -0.3 is 4.74 Å². The van der Waals surface area contributed by atoms with E-state index in [1.165, 1.54) is 32.1 Å². The molecule has 0 N–H and O–H groups in total. The molecule has 0 aromatic heterocycles. The Kier molecular flexibility index (Phi) is 1.84. The van der Waals surface area contributed by atoms with Crippen LogP contribution in [0.3, 0.4) is 0 Å². The molecule has 0 radical (unpaired) electrons. The fourth-order valence-corrected chi connectivity index (χ4v) is 2.59. The van der Waals surface area contributed by atoms with Gasteiger partial charge in [-0.25, -0.2) is 0 Å². The third-order valence-electron chi connectivity index (χ3n) is 2.76. The molecular formula is C9H13BrO. The van der Waals surface area contributed by atoms with Crippen LogP contribution in [0.2, 0.25) is 0 Å². The fraction of sp³-hybridized carbons (Fsp3) is 0.778. The second kappa shape index (κ2) is 2.60. The lowest BCUT2D eigenvalue weighted by Gasteiger charge is -2.17. The van der Waals surface area contributed by atoms with Gasteiger partial charge in [0, 0.05) is 4.48 Å². The Labute approximate surface area is 75.9 Å². The van der Waals surface area contributed by atoms with Crippen LogP contribution in [0.4, 0.5) is 0 Å². The van der Waals surface area contributed by atoms with Gasteiger partial charge in [0.25, 0.3) is 0 Å². The number of halogens is 1. The molecule has 1 spiro atoms. The van der Waals surface area contributed by atoms with Crippen LogP contribution >= 0.6 is 15.9 Å². The molecule has 0 amide bonds. The summed E-state index contributed by atoms with van der Waals surface area (Å²) in [6, 6.07) is 0. The molecule has 1 heterocycles. The third kappa shape index (κ3) is 1.27. The summed E-state index contributed by atoms with van der Waals surface area (Å²) in [7, 11) is 0. The van der Waals surface area contributed by atoms with Crippen LogP contribution in [0.5, 0.6) is 0 Å². The Balaban J connectivity index is 1.99. The lowest BCUT2D eigenvalue weighted by Crippen LogP contribution is -2.18. The van der Waals surface area contributed by atoms with Crippen LogP contribution < -0.4 is 0 Å². The van der Waals surface area contributed by atoms with Crippen molar-refractivity contribution in [2.75, 3.05) is 0 Å². The molecule has 11 heavy (non-hydrogen) atoms. The summed E-state index contributed by atoms with van der Waals surface area (Å²) < 4.78 is 6.69. The minimum absolute atomic E-state index is 0.221. The Morgan fingerprint density at radius 3 is 2.45 bits per heavy atom. The highest BCUT2D eigenvalue weighted by Crippen LogP contribution is 2.51. The Morgan fingerprint density at radius 2 is 2.00 bits per heavy atom. The van der Waals surface area contributed by atoms with E-state index in [1.54, 1.807) is 0 Å². The first-order chi connectivity index (χ1) is 5.25. The normalized spacial score (nSPS) is 33.7. The predicted molar refractivity (Wildman–Crippen MR) is 48.8 cm³/mol. The van der Waals surface area contributed by atoms with Crippen LogP contribution in [0, 0.1) is 0 Å². The summed E-state index contributed by atoms with van der Waals surface area (Å²) in [6.07, 6.45) is 6.84. The molecule has 2 fully saturated rings. The van der Waals surface area contributed by atoms with E-state index < -0.39 is 0 Å². The SMILES string of the molecule is C=C(Br)C1OC12CCCCC2. The van der Waals surface area contributed by atoms with Crippen molar-refractivity contribution in [3.63, 3.8) is 0 Å². The van der Waals surface area contributed by atoms with E-state index in [0.717, 1.165) is 4.48 Å². The predicted octanol–water partition coefficient (Wildman–Crippen LogP) is 3.00. The minimum atomic E-state index is 0.221. The number of hydrogen-bond acceptors (Lipinski definition) is 1. The van der Waals surface area contributed by atoms with Gasteiger partial charge in [-0.1, -0.05) is 41.8 Å². The molecule has 0 bridgehead atoms. The highest BCUT2D eigenvalue weighted by molar-refractivity contribution is 9.11. The highest BCUT2D eigenvalue weighted by atomic mass is 79.9. The summed E-state index contributed by atoms with van der Waals surface area (Å²) >= 11 is 3.39. The molecule has 1 atom stereocenters. The summed E-state index contributed by atoms with van der Waals surface area (Å²) in [6.45, 7) is 3.86. The highest BCUT2D eigenvalue weighted by Gasteiger charge is 2.56. The third-order valence-corrected chi connectivity index (χ3v) is 3.17. The van der Waals surface area contributed by atoms with Gasteiger partial charge in [-0.15, -0.1) is 0 Å². The van der Waals surface area contributed by atoms with Crippen molar-refractivity contribution in [2.45, 2.75) is 43.8 Å². The summed E-state index contributed by atoms with van der Waals surface area (Å²) in [5.41, 5.74) is 0.221. The van der Waals surface area contributed by atoms with Crippen molar-refractivity contribution >= 4 is 15.9 Å². The average Bonchev–Trinajstić information content (AvgIpc) is 2.66. The van der Waals surface area contributed by atoms with Gasteiger partial charge in [0.05, 0.1) is 5.60 Å². The molecule has 62 valence electrons. The topological polar surface area (TPSA) is 12.5 Å². The number of epoxide rings is 1. The maximum absolute atomic E-state index is 5.66. The van der Waals surface area contributed by atoms with Crippen molar-refractivity contribution in [3.8, 4) is 0 Å². The average molecular weight is 217 g/mol. The molecule has 2 heteroatoms. The van der Waals surface area contributed by atoms with E-state index in [4.69, 9.17) is 4.74 Å². The van der Waals surface area contributed by atoms with Crippen LogP contribution in [0.1, 0.15) is 32.1 Å². The van der Waals surface area contributed by atoms with E-state index in [0.29, 0.717) is 6.10 Å². The van der Waals surface area contributed by atoms with Gasteiger partial charge in [-0.3, -0.25) is 0 Å². The molecule has 0 aromatic carbocycles. The molecule has 1 saturated heterocycles. The standard InChI is InChI=1S/C9H13BrO/c1-7(10)8-9(11-8)5-3-2-4-6-9/h8H,1-6H2. The minimum Gasteiger partial charge on any atom is -0.360 e. The van der Waals surface area contributed by atoms with Crippen molar-refractivity contribution in [1.29, 1.82) is 0 Å². The zero-order chi connectivity index (χ0) is 7.90. The number of ether oxygens (including phenoxy) is 1. The largest absolute Gasteiger partial charge is 0.360 e. The van der Waals surface area contributed by atoms with Crippen LogP contribution in [0.15, 0.2) is 11.1 Å². The van der Waals surface area contributed by atoms with Crippen molar-refractivity contribution in [3.05, 3.63) is 11.1 Å². The Hall–Kier alpha value is 0.180. The molecule has 1 unspecified atom stereocenters. The van der Waals surface area contributed by atoms with Crippen molar-refractivity contribution in [2.24, 2.45) is 0 Å². The van der Waals surface area contributed by atoms with E-state index in [9.17, 15) is 0 Å². The molecule has 1 saturated carbocycles. The van der Waals surface area contributed by atoms with Gasteiger partial charge in [0.15, 0.2) is 0 Å². The molecule has 2 rings (SSSR count).